The summed E-state index contributed by atoms with van der Waals surface area (Å²) in [6.45, 7) is 2.53. The van der Waals surface area contributed by atoms with Gasteiger partial charge in [0.2, 0.25) is 0 Å². The largest absolute Gasteiger partial charge is 0.387 e. The molecule has 0 aliphatic heterocycles. The fourth-order valence-corrected chi connectivity index (χ4v) is 2.46. The Labute approximate surface area is 129 Å². The van der Waals surface area contributed by atoms with Gasteiger partial charge in [-0.15, -0.1) is 0 Å². The molecule has 0 bridgehead atoms. The van der Waals surface area contributed by atoms with Crippen LogP contribution in [0.5, 0.6) is 0 Å². The Morgan fingerprint density at radius 1 is 1.10 bits per heavy atom. The molecule has 0 radical (unpaired) electrons. The molecule has 2 nitrogen and oxygen atoms in total. The first-order chi connectivity index (χ1) is 9.58. The quantitative estimate of drug-likeness (QED) is 0.867. The lowest BCUT2D eigenvalue weighted by Gasteiger charge is -2.21. The zero-order valence-corrected chi connectivity index (χ0v) is 12.7. The van der Waals surface area contributed by atoms with Crippen LogP contribution in [0.25, 0.3) is 0 Å². The lowest BCUT2D eigenvalue weighted by Crippen LogP contribution is -2.31. The van der Waals surface area contributed by atoms with E-state index in [2.05, 4.69) is 5.32 Å². The highest BCUT2D eigenvalue weighted by atomic mass is 35.5. The molecule has 0 unspecified atom stereocenters. The van der Waals surface area contributed by atoms with Gasteiger partial charge in [-0.2, -0.15) is 0 Å². The van der Waals surface area contributed by atoms with Crippen molar-refractivity contribution in [2.24, 2.45) is 0 Å². The summed E-state index contributed by atoms with van der Waals surface area (Å²) < 4.78 is 0. The SMILES string of the molecule is C[C@@H](NCc1ccc(Cl)cc1Cl)[C@H](O)c1ccccc1. The third-order valence-corrected chi connectivity index (χ3v) is 3.83. The van der Waals surface area contributed by atoms with Gasteiger partial charge in [0.15, 0.2) is 0 Å². The van der Waals surface area contributed by atoms with E-state index >= 15 is 0 Å². The molecule has 20 heavy (non-hydrogen) atoms. The molecule has 0 saturated heterocycles. The molecule has 0 fully saturated rings. The van der Waals surface area contributed by atoms with E-state index in [1.165, 1.54) is 0 Å². The minimum Gasteiger partial charge on any atom is -0.387 e. The van der Waals surface area contributed by atoms with Gasteiger partial charge in [0.05, 0.1) is 6.10 Å². The fraction of sp³-hybridized carbons (Fsp3) is 0.250. The van der Waals surface area contributed by atoms with E-state index in [-0.39, 0.29) is 6.04 Å². The van der Waals surface area contributed by atoms with Crippen molar-refractivity contribution in [1.29, 1.82) is 0 Å². The molecule has 2 aromatic rings. The van der Waals surface area contributed by atoms with E-state index in [9.17, 15) is 5.11 Å². The Bertz CT molecular complexity index is 560. The summed E-state index contributed by atoms with van der Waals surface area (Å²) in [5.74, 6) is 0. The number of nitrogens with one attached hydrogen (secondary N) is 1. The van der Waals surface area contributed by atoms with Crippen molar-refractivity contribution in [3.05, 3.63) is 69.7 Å². The average molecular weight is 310 g/mol. The summed E-state index contributed by atoms with van der Waals surface area (Å²) in [5.41, 5.74) is 1.86. The fourth-order valence-electron chi connectivity index (χ4n) is 1.99. The molecule has 2 N–H and O–H groups in total. The molecule has 2 aromatic carbocycles. The first kappa shape index (κ1) is 15.3. The second kappa shape index (κ2) is 7.09. The normalized spacial score (nSPS) is 14.0. The van der Waals surface area contributed by atoms with Crippen LogP contribution in [0.3, 0.4) is 0 Å². The first-order valence-electron chi connectivity index (χ1n) is 6.48. The summed E-state index contributed by atoms with van der Waals surface area (Å²) >= 11 is 12.0. The zero-order chi connectivity index (χ0) is 14.5. The molecular formula is C16H17Cl2NO. The van der Waals surface area contributed by atoms with Gasteiger partial charge in [0, 0.05) is 22.6 Å². The number of aliphatic hydroxyl groups is 1. The zero-order valence-electron chi connectivity index (χ0n) is 11.2. The highest BCUT2D eigenvalue weighted by Gasteiger charge is 2.15. The Hall–Kier alpha value is -1.06. The Morgan fingerprint density at radius 3 is 2.45 bits per heavy atom. The van der Waals surface area contributed by atoms with Crippen LogP contribution in [0.2, 0.25) is 10.0 Å². The molecule has 0 aliphatic rings. The van der Waals surface area contributed by atoms with Crippen LogP contribution < -0.4 is 5.32 Å². The minimum atomic E-state index is -0.553. The van der Waals surface area contributed by atoms with Crippen molar-refractivity contribution < 1.29 is 5.11 Å². The van der Waals surface area contributed by atoms with E-state index in [1.807, 2.05) is 49.4 Å². The molecule has 0 spiro atoms. The van der Waals surface area contributed by atoms with Crippen LogP contribution in [0, 0.1) is 0 Å². The van der Waals surface area contributed by atoms with Gasteiger partial charge in [-0.1, -0.05) is 59.6 Å². The summed E-state index contributed by atoms with van der Waals surface area (Å²) in [7, 11) is 0. The number of aliphatic hydroxyl groups excluding tert-OH is 1. The van der Waals surface area contributed by atoms with Gasteiger partial charge >= 0.3 is 0 Å². The van der Waals surface area contributed by atoms with Crippen molar-refractivity contribution in [2.45, 2.75) is 25.6 Å². The summed E-state index contributed by atoms with van der Waals surface area (Å²) in [5, 5.41) is 14.8. The molecule has 0 aromatic heterocycles. The molecule has 2 rings (SSSR count). The number of benzene rings is 2. The van der Waals surface area contributed by atoms with Gasteiger partial charge in [-0.05, 0) is 30.2 Å². The van der Waals surface area contributed by atoms with Crippen molar-refractivity contribution in [2.75, 3.05) is 0 Å². The summed E-state index contributed by atoms with van der Waals surface area (Å²) in [6.07, 6.45) is -0.553. The lowest BCUT2D eigenvalue weighted by molar-refractivity contribution is 0.135. The van der Waals surface area contributed by atoms with Crippen LogP contribution in [0.4, 0.5) is 0 Å². The maximum absolute atomic E-state index is 10.3. The Balaban J connectivity index is 1.96. The van der Waals surface area contributed by atoms with Gasteiger partial charge in [0.25, 0.3) is 0 Å². The molecule has 0 aliphatic carbocycles. The van der Waals surface area contributed by atoms with Gasteiger partial charge in [0.1, 0.15) is 0 Å². The van der Waals surface area contributed by atoms with Crippen molar-refractivity contribution in [1.82, 2.24) is 5.32 Å². The van der Waals surface area contributed by atoms with E-state index in [4.69, 9.17) is 23.2 Å². The monoisotopic (exact) mass is 309 g/mol. The van der Waals surface area contributed by atoms with Crippen molar-refractivity contribution in [3.8, 4) is 0 Å². The first-order valence-corrected chi connectivity index (χ1v) is 7.24. The number of rotatable bonds is 5. The Kier molecular flexibility index (Phi) is 5.44. The molecule has 0 amide bonds. The minimum absolute atomic E-state index is 0.0795. The molecule has 4 heteroatoms. The van der Waals surface area contributed by atoms with Crippen LogP contribution in [0.1, 0.15) is 24.2 Å². The standard InChI is InChI=1S/C16H17Cl2NO/c1-11(16(20)12-5-3-2-4-6-12)19-10-13-7-8-14(17)9-15(13)18/h2-9,11,16,19-20H,10H2,1H3/t11-,16+/m1/s1. The second-order valence-corrected chi connectivity index (χ2v) is 5.60. The van der Waals surface area contributed by atoms with E-state index in [0.29, 0.717) is 16.6 Å². The van der Waals surface area contributed by atoms with Crippen LogP contribution in [-0.2, 0) is 6.54 Å². The smallest absolute Gasteiger partial charge is 0.0940 e. The van der Waals surface area contributed by atoms with Crippen LogP contribution in [-0.4, -0.2) is 11.1 Å². The highest BCUT2D eigenvalue weighted by molar-refractivity contribution is 6.35. The Morgan fingerprint density at radius 2 is 1.80 bits per heavy atom. The molecular weight excluding hydrogens is 293 g/mol. The third-order valence-electron chi connectivity index (χ3n) is 3.24. The van der Waals surface area contributed by atoms with Crippen molar-refractivity contribution in [3.63, 3.8) is 0 Å². The van der Waals surface area contributed by atoms with Gasteiger partial charge in [-0.25, -0.2) is 0 Å². The highest BCUT2D eigenvalue weighted by Crippen LogP contribution is 2.22. The molecule has 106 valence electrons. The maximum Gasteiger partial charge on any atom is 0.0940 e. The summed E-state index contributed by atoms with van der Waals surface area (Å²) in [6, 6.07) is 14.9. The van der Waals surface area contributed by atoms with Gasteiger partial charge < -0.3 is 10.4 Å². The maximum atomic E-state index is 10.3. The van der Waals surface area contributed by atoms with E-state index < -0.39 is 6.10 Å². The van der Waals surface area contributed by atoms with Crippen molar-refractivity contribution >= 4 is 23.2 Å². The molecule has 2 atom stereocenters. The predicted octanol–water partition coefficient (Wildman–Crippen LogP) is 4.21. The average Bonchev–Trinajstić information content (AvgIpc) is 2.46. The number of halogens is 2. The molecule has 0 saturated carbocycles. The third kappa shape index (κ3) is 3.97. The lowest BCUT2D eigenvalue weighted by atomic mass is 10.0. The molecule has 0 heterocycles. The van der Waals surface area contributed by atoms with Gasteiger partial charge in [-0.3, -0.25) is 0 Å². The van der Waals surface area contributed by atoms with E-state index in [0.717, 1.165) is 11.1 Å². The summed E-state index contributed by atoms with van der Waals surface area (Å²) in [4.78, 5) is 0. The topological polar surface area (TPSA) is 32.3 Å². The van der Waals surface area contributed by atoms with E-state index in [1.54, 1.807) is 6.07 Å². The predicted molar refractivity (Wildman–Crippen MR) is 84.2 cm³/mol. The van der Waals surface area contributed by atoms with Crippen LogP contribution in [0.15, 0.2) is 48.5 Å². The number of hydrogen-bond acceptors (Lipinski definition) is 2. The second-order valence-electron chi connectivity index (χ2n) is 4.76. The number of hydrogen-bond donors (Lipinski definition) is 2. The van der Waals surface area contributed by atoms with Crippen LogP contribution >= 0.6 is 23.2 Å².